The molecule has 0 aliphatic rings. The highest BCUT2D eigenvalue weighted by Gasteiger charge is 2.14. The van der Waals surface area contributed by atoms with Crippen molar-refractivity contribution in [3.63, 3.8) is 0 Å². The standard InChI is InChI=1S/C26H28ClN5O2S/c1-4-15-32-23(16-28-24(33)14-11-20-7-5-6-8-22(20)27)30-31-26(32)35-17-25(34)29-21-12-9-19(10-13-21)18(2)3/h4-14,18H,1,15-17H2,2-3H3,(H,28,33)(H,29,34). The SMILES string of the molecule is C=CCn1c(CNC(=O)C=Cc2ccccc2Cl)nnc1SCC(=O)Nc1ccc(C(C)C)cc1. The Hall–Kier alpha value is -3.36. The molecule has 0 aliphatic carbocycles. The molecule has 7 nitrogen and oxygen atoms in total. The molecule has 3 rings (SSSR count). The third-order valence-electron chi connectivity index (χ3n) is 5.04. The predicted molar refractivity (Wildman–Crippen MR) is 142 cm³/mol. The molecule has 2 aromatic carbocycles. The van der Waals surface area contributed by atoms with Gasteiger partial charge in [-0.3, -0.25) is 9.59 Å². The number of allylic oxidation sites excluding steroid dienone is 1. The summed E-state index contributed by atoms with van der Waals surface area (Å²) in [4.78, 5) is 24.7. The molecule has 182 valence electrons. The molecule has 0 unspecified atom stereocenters. The first-order valence-electron chi connectivity index (χ1n) is 11.1. The zero-order valence-corrected chi connectivity index (χ0v) is 21.3. The molecular formula is C26H28ClN5O2S. The average molecular weight is 510 g/mol. The third kappa shape index (κ3) is 7.83. The largest absolute Gasteiger partial charge is 0.345 e. The van der Waals surface area contributed by atoms with Crippen molar-refractivity contribution in [2.75, 3.05) is 11.1 Å². The molecule has 0 aliphatic heterocycles. The lowest BCUT2D eigenvalue weighted by atomic mass is 10.0. The average Bonchev–Trinajstić information content (AvgIpc) is 3.23. The van der Waals surface area contributed by atoms with Gasteiger partial charge < -0.3 is 15.2 Å². The summed E-state index contributed by atoms with van der Waals surface area (Å²) in [7, 11) is 0. The van der Waals surface area contributed by atoms with Gasteiger partial charge in [-0.1, -0.05) is 73.6 Å². The van der Waals surface area contributed by atoms with Crippen LogP contribution in [0, 0.1) is 0 Å². The van der Waals surface area contributed by atoms with Crippen molar-refractivity contribution in [2.24, 2.45) is 0 Å². The van der Waals surface area contributed by atoms with Crippen LogP contribution in [-0.2, 0) is 22.7 Å². The number of halogens is 1. The summed E-state index contributed by atoms with van der Waals surface area (Å²) in [5, 5.41) is 15.2. The second kappa shape index (κ2) is 12.9. The van der Waals surface area contributed by atoms with E-state index < -0.39 is 0 Å². The molecule has 2 N–H and O–H groups in total. The summed E-state index contributed by atoms with van der Waals surface area (Å²) >= 11 is 7.38. The van der Waals surface area contributed by atoms with Crippen molar-refractivity contribution in [1.29, 1.82) is 0 Å². The Balaban J connectivity index is 1.55. The van der Waals surface area contributed by atoms with E-state index in [9.17, 15) is 9.59 Å². The van der Waals surface area contributed by atoms with Gasteiger partial charge in [-0.05, 0) is 41.3 Å². The van der Waals surface area contributed by atoms with Gasteiger partial charge in [-0.15, -0.1) is 16.8 Å². The number of nitrogens with one attached hydrogen (secondary N) is 2. The summed E-state index contributed by atoms with van der Waals surface area (Å²) in [6.07, 6.45) is 4.79. The highest BCUT2D eigenvalue weighted by molar-refractivity contribution is 7.99. The highest BCUT2D eigenvalue weighted by Crippen LogP contribution is 2.20. The van der Waals surface area contributed by atoms with Crippen LogP contribution in [0.1, 0.15) is 36.7 Å². The van der Waals surface area contributed by atoms with Crippen LogP contribution in [0.4, 0.5) is 5.69 Å². The van der Waals surface area contributed by atoms with Crippen LogP contribution in [0.25, 0.3) is 6.08 Å². The highest BCUT2D eigenvalue weighted by atomic mass is 35.5. The Kier molecular flexibility index (Phi) is 9.69. The van der Waals surface area contributed by atoms with E-state index in [-0.39, 0.29) is 24.1 Å². The monoisotopic (exact) mass is 509 g/mol. The number of nitrogens with zero attached hydrogens (tertiary/aromatic N) is 3. The van der Waals surface area contributed by atoms with E-state index >= 15 is 0 Å². The summed E-state index contributed by atoms with van der Waals surface area (Å²) in [6, 6.07) is 15.1. The van der Waals surface area contributed by atoms with Gasteiger partial charge >= 0.3 is 0 Å². The quantitative estimate of drug-likeness (QED) is 0.208. The number of anilines is 1. The fourth-order valence-electron chi connectivity index (χ4n) is 3.15. The Bertz CT molecular complexity index is 1200. The van der Waals surface area contributed by atoms with Crippen LogP contribution >= 0.6 is 23.4 Å². The third-order valence-corrected chi connectivity index (χ3v) is 6.35. The van der Waals surface area contributed by atoms with Crippen LogP contribution in [0.3, 0.4) is 0 Å². The number of carbonyl (C=O) groups is 2. The van der Waals surface area contributed by atoms with Crippen molar-refractivity contribution < 1.29 is 9.59 Å². The maximum absolute atomic E-state index is 12.4. The summed E-state index contributed by atoms with van der Waals surface area (Å²) < 4.78 is 1.82. The lowest BCUT2D eigenvalue weighted by Crippen LogP contribution is -2.23. The first kappa shape index (κ1) is 26.2. The molecule has 3 aromatic rings. The molecule has 0 bridgehead atoms. The molecule has 0 fully saturated rings. The minimum Gasteiger partial charge on any atom is -0.345 e. The van der Waals surface area contributed by atoms with Crippen LogP contribution in [0.2, 0.25) is 5.02 Å². The summed E-state index contributed by atoms with van der Waals surface area (Å²) in [6.45, 7) is 8.66. The molecule has 2 amide bonds. The van der Waals surface area contributed by atoms with Crippen molar-refractivity contribution in [3.05, 3.63) is 89.2 Å². The van der Waals surface area contributed by atoms with Crippen molar-refractivity contribution in [1.82, 2.24) is 20.1 Å². The summed E-state index contributed by atoms with van der Waals surface area (Å²) in [5.74, 6) is 0.754. The topological polar surface area (TPSA) is 88.9 Å². The van der Waals surface area contributed by atoms with Gasteiger partial charge in [-0.25, -0.2) is 0 Å². The fraction of sp³-hybridized carbons (Fsp3) is 0.231. The maximum atomic E-state index is 12.4. The van der Waals surface area contributed by atoms with Gasteiger partial charge in [0.25, 0.3) is 0 Å². The van der Waals surface area contributed by atoms with Gasteiger partial charge in [-0.2, -0.15) is 0 Å². The first-order chi connectivity index (χ1) is 16.9. The zero-order valence-electron chi connectivity index (χ0n) is 19.7. The van der Waals surface area contributed by atoms with Crippen LogP contribution in [0.5, 0.6) is 0 Å². The van der Waals surface area contributed by atoms with Crippen molar-refractivity contribution >= 4 is 46.9 Å². The fourth-order valence-corrected chi connectivity index (χ4v) is 4.11. The number of benzene rings is 2. The smallest absolute Gasteiger partial charge is 0.244 e. The maximum Gasteiger partial charge on any atom is 0.244 e. The first-order valence-corrected chi connectivity index (χ1v) is 12.5. The number of carbonyl (C=O) groups excluding carboxylic acids is 2. The Morgan fingerprint density at radius 3 is 2.57 bits per heavy atom. The van der Waals surface area contributed by atoms with E-state index in [0.29, 0.717) is 28.5 Å². The minimum atomic E-state index is -0.282. The lowest BCUT2D eigenvalue weighted by molar-refractivity contribution is -0.116. The number of amides is 2. The number of hydrogen-bond donors (Lipinski definition) is 2. The number of thioether (sulfide) groups is 1. The van der Waals surface area contributed by atoms with Gasteiger partial charge in [0.15, 0.2) is 11.0 Å². The van der Waals surface area contributed by atoms with E-state index in [1.807, 2.05) is 47.0 Å². The van der Waals surface area contributed by atoms with E-state index in [1.165, 1.54) is 23.4 Å². The van der Waals surface area contributed by atoms with Gasteiger partial charge in [0, 0.05) is 23.3 Å². The molecular weight excluding hydrogens is 482 g/mol. The summed E-state index contributed by atoms with van der Waals surface area (Å²) in [5.41, 5.74) is 2.72. The van der Waals surface area contributed by atoms with E-state index in [0.717, 1.165) is 11.3 Å². The van der Waals surface area contributed by atoms with Crippen LogP contribution < -0.4 is 10.6 Å². The van der Waals surface area contributed by atoms with Crippen molar-refractivity contribution in [2.45, 2.75) is 38.0 Å². The van der Waals surface area contributed by atoms with Crippen LogP contribution in [0.15, 0.2) is 72.4 Å². The minimum absolute atomic E-state index is 0.139. The lowest BCUT2D eigenvalue weighted by Gasteiger charge is -2.09. The van der Waals surface area contributed by atoms with Crippen molar-refractivity contribution in [3.8, 4) is 0 Å². The van der Waals surface area contributed by atoms with E-state index in [1.54, 1.807) is 18.2 Å². The normalized spacial score (nSPS) is 11.1. The van der Waals surface area contributed by atoms with Gasteiger partial charge in [0.05, 0.1) is 12.3 Å². The van der Waals surface area contributed by atoms with Crippen LogP contribution in [-0.4, -0.2) is 32.3 Å². The molecule has 0 saturated carbocycles. The number of rotatable bonds is 11. The molecule has 0 atom stereocenters. The number of aromatic nitrogens is 3. The Morgan fingerprint density at radius 1 is 1.14 bits per heavy atom. The molecule has 0 saturated heterocycles. The van der Waals surface area contributed by atoms with E-state index in [2.05, 4.69) is 41.3 Å². The predicted octanol–water partition coefficient (Wildman–Crippen LogP) is 5.30. The van der Waals surface area contributed by atoms with Gasteiger partial charge in [0.2, 0.25) is 11.8 Å². The molecule has 1 heterocycles. The molecule has 0 radical (unpaired) electrons. The zero-order chi connectivity index (χ0) is 25.2. The molecule has 1 aromatic heterocycles. The molecule has 9 heteroatoms. The Labute approximate surface area is 214 Å². The second-order valence-corrected chi connectivity index (χ2v) is 9.33. The Morgan fingerprint density at radius 2 is 1.89 bits per heavy atom. The molecule has 0 spiro atoms. The van der Waals surface area contributed by atoms with Gasteiger partial charge in [0.1, 0.15) is 0 Å². The molecule has 35 heavy (non-hydrogen) atoms. The number of hydrogen-bond acceptors (Lipinski definition) is 5. The second-order valence-electron chi connectivity index (χ2n) is 7.98. The van der Waals surface area contributed by atoms with E-state index in [4.69, 9.17) is 11.6 Å².